The van der Waals surface area contributed by atoms with Gasteiger partial charge in [0.2, 0.25) is 0 Å². The van der Waals surface area contributed by atoms with Gasteiger partial charge < -0.3 is 15.2 Å². The van der Waals surface area contributed by atoms with Crippen molar-refractivity contribution in [3.63, 3.8) is 0 Å². The van der Waals surface area contributed by atoms with Gasteiger partial charge >= 0.3 is 0 Å². The molecule has 2 atom stereocenters. The normalized spacial score (nSPS) is 25.4. The maximum atomic E-state index is 9.42. The van der Waals surface area contributed by atoms with E-state index in [-0.39, 0.29) is 6.61 Å². The van der Waals surface area contributed by atoms with E-state index in [2.05, 4.69) is 11.4 Å². The Morgan fingerprint density at radius 3 is 3.00 bits per heavy atom. The number of methoxy groups -OCH3 is 1. The van der Waals surface area contributed by atoms with Crippen LogP contribution in [0, 0.1) is 5.92 Å². The Labute approximate surface area is 96.4 Å². The van der Waals surface area contributed by atoms with Gasteiger partial charge in [0.05, 0.1) is 7.11 Å². The number of hydrogen-bond donors (Lipinski definition) is 2. The minimum Gasteiger partial charge on any atom is -0.496 e. The molecule has 0 aliphatic carbocycles. The molecule has 0 amide bonds. The first kappa shape index (κ1) is 11.4. The maximum absolute atomic E-state index is 9.42. The summed E-state index contributed by atoms with van der Waals surface area (Å²) in [6, 6.07) is 8.09. The molecule has 2 unspecified atom stereocenters. The van der Waals surface area contributed by atoms with Gasteiger partial charge in [-0.3, -0.25) is 0 Å². The average molecular weight is 221 g/mol. The Bertz CT molecular complexity index is 340. The highest BCUT2D eigenvalue weighted by Crippen LogP contribution is 2.34. The second-order valence-corrected chi connectivity index (χ2v) is 4.28. The largest absolute Gasteiger partial charge is 0.496 e. The Hall–Kier alpha value is -1.06. The summed E-state index contributed by atoms with van der Waals surface area (Å²) < 4.78 is 5.38. The van der Waals surface area contributed by atoms with Crippen LogP contribution in [0.2, 0.25) is 0 Å². The summed E-state index contributed by atoms with van der Waals surface area (Å²) in [5, 5.41) is 12.8. The Balaban J connectivity index is 2.26. The van der Waals surface area contributed by atoms with Crippen LogP contribution in [0.15, 0.2) is 24.3 Å². The summed E-state index contributed by atoms with van der Waals surface area (Å²) in [4.78, 5) is 0. The van der Waals surface area contributed by atoms with Crippen molar-refractivity contribution in [3.8, 4) is 5.75 Å². The first-order valence-electron chi connectivity index (χ1n) is 5.81. The number of aliphatic hydroxyl groups is 1. The summed E-state index contributed by atoms with van der Waals surface area (Å²) in [5.41, 5.74) is 1.20. The maximum Gasteiger partial charge on any atom is 0.122 e. The molecule has 0 saturated carbocycles. The molecule has 3 heteroatoms. The van der Waals surface area contributed by atoms with Crippen molar-refractivity contribution >= 4 is 0 Å². The van der Waals surface area contributed by atoms with Gasteiger partial charge in [-0.25, -0.2) is 0 Å². The molecule has 0 spiro atoms. The van der Waals surface area contributed by atoms with Crippen molar-refractivity contribution in [2.45, 2.75) is 12.3 Å². The predicted octanol–water partition coefficient (Wildman–Crippen LogP) is 1.38. The number of hydrogen-bond acceptors (Lipinski definition) is 3. The SMILES string of the molecule is COc1ccccc1C1CNCCC1CO. The van der Waals surface area contributed by atoms with Crippen molar-refractivity contribution in [1.82, 2.24) is 5.32 Å². The molecule has 0 aromatic heterocycles. The van der Waals surface area contributed by atoms with E-state index < -0.39 is 0 Å². The average Bonchev–Trinajstić information content (AvgIpc) is 2.38. The van der Waals surface area contributed by atoms with E-state index in [9.17, 15) is 5.11 Å². The fourth-order valence-electron chi connectivity index (χ4n) is 2.47. The lowest BCUT2D eigenvalue weighted by Crippen LogP contribution is -2.36. The molecule has 1 heterocycles. The minimum absolute atomic E-state index is 0.254. The molecule has 1 aliphatic heterocycles. The highest BCUT2D eigenvalue weighted by atomic mass is 16.5. The van der Waals surface area contributed by atoms with E-state index in [1.54, 1.807) is 7.11 Å². The minimum atomic E-state index is 0.254. The molecule has 0 radical (unpaired) electrons. The molecule has 1 fully saturated rings. The molecule has 2 rings (SSSR count). The second-order valence-electron chi connectivity index (χ2n) is 4.28. The number of benzene rings is 1. The van der Waals surface area contributed by atoms with Crippen LogP contribution >= 0.6 is 0 Å². The van der Waals surface area contributed by atoms with Crippen LogP contribution in [0.25, 0.3) is 0 Å². The summed E-state index contributed by atoms with van der Waals surface area (Å²) in [5.74, 6) is 1.63. The first-order valence-corrected chi connectivity index (χ1v) is 5.81. The Morgan fingerprint density at radius 1 is 1.44 bits per heavy atom. The van der Waals surface area contributed by atoms with Crippen molar-refractivity contribution < 1.29 is 9.84 Å². The molecule has 1 saturated heterocycles. The number of ether oxygens (including phenoxy) is 1. The Morgan fingerprint density at radius 2 is 2.25 bits per heavy atom. The molecule has 16 heavy (non-hydrogen) atoms. The Kier molecular flexibility index (Phi) is 3.80. The summed E-state index contributed by atoms with van der Waals surface area (Å²) in [6.45, 7) is 2.17. The molecule has 1 aromatic carbocycles. The number of rotatable bonds is 3. The van der Waals surface area contributed by atoms with Crippen LogP contribution in [-0.2, 0) is 0 Å². The van der Waals surface area contributed by atoms with Crippen LogP contribution < -0.4 is 10.1 Å². The molecule has 1 aliphatic rings. The molecule has 88 valence electrons. The lowest BCUT2D eigenvalue weighted by molar-refractivity contribution is 0.175. The number of aliphatic hydroxyl groups excluding tert-OH is 1. The topological polar surface area (TPSA) is 41.5 Å². The van der Waals surface area contributed by atoms with E-state index >= 15 is 0 Å². The van der Waals surface area contributed by atoms with Crippen LogP contribution in [0.4, 0.5) is 0 Å². The zero-order valence-electron chi connectivity index (χ0n) is 9.65. The van der Waals surface area contributed by atoms with Crippen LogP contribution in [-0.4, -0.2) is 31.9 Å². The van der Waals surface area contributed by atoms with E-state index in [4.69, 9.17) is 4.74 Å². The highest BCUT2D eigenvalue weighted by Gasteiger charge is 2.27. The van der Waals surface area contributed by atoms with Crippen molar-refractivity contribution in [2.75, 3.05) is 26.8 Å². The van der Waals surface area contributed by atoms with E-state index in [0.717, 1.165) is 25.3 Å². The van der Waals surface area contributed by atoms with E-state index in [1.807, 2.05) is 18.2 Å². The molecule has 0 bridgehead atoms. The van der Waals surface area contributed by atoms with Crippen molar-refractivity contribution in [3.05, 3.63) is 29.8 Å². The number of piperidine rings is 1. The number of nitrogens with one attached hydrogen (secondary N) is 1. The standard InChI is InChI=1S/C13H19NO2/c1-16-13-5-3-2-4-11(13)12-8-14-7-6-10(12)9-15/h2-5,10,12,14-15H,6-9H2,1H3. The van der Waals surface area contributed by atoms with Crippen molar-refractivity contribution in [2.24, 2.45) is 5.92 Å². The predicted molar refractivity (Wildman–Crippen MR) is 63.8 cm³/mol. The van der Waals surface area contributed by atoms with Gasteiger partial charge in [0.25, 0.3) is 0 Å². The van der Waals surface area contributed by atoms with Crippen LogP contribution in [0.3, 0.4) is 0 Å². The van der Waals surface area contributed by atoms with Gasteiger partial charge in [-0.2, -0.15) is 0 Å². The van der Waals surface area contributed by atoms with Crippen molar-refractivity contribution in [1.29, 1.82) is 0 Å². The summed E-state index contributed by atoms with van der Waals surface area (Å²) in [6.07, 6.45) is 1.03. The second kappa shape index (κ2) is 5.32. The summed E-state index contributed by atoms with van der Waals surface area (Å²) in [7, 11) is 1.70. The van der Waals surface area contributed by atoms with Crippen LogP contribution in [0.1, 0.15) is 17.9 Å². The molecular weight excluding hydrogens is 202 g/mol. The zero-order valence-corrected chi connectivity index (χ0v) is 9.65. The lowest BCUT2D eigenvalue weighted by atomic mass is 9.81. The quantitative estimate of drug-likeness (QED) is 0.810. The molecule has 2 N–H and O–H groups in total. The summed E-state index contributed by atoms with van der Waals surface area (Å²) >= 11 is 0. The first-order chi connectivity index (χ1) is 7.86. The monoisotopic (exact) mass is 221 g/mol. The van der Waals surface area contributed by atoms with E-state index in [1.165, 1.54) is 5.56 Å². The number of para-hydroxylation sites is 1. The third-order valence-corrected chi connectivity index (χ3v) is 3.40. The van der Waals surface area contributed by atoms with E-state index in [0.29, 0.717) is 11.8 Å². The van der Waals surface area contributed by atoms with Gasteiger partial charge in [0.15, 0.2) is 0 Å². The van der Waals surface area contributed by atoms with Gasteiger partial charge in [-0.05, 0) is 30.5 Å². The van der Waals surface area contributed by atoms with Gasteiger partial charge in [-0.15, -0.1) is 0 Å². The molecule has 3 nitrogen and oxygen atoms in total. The van der Waals surface area contributed by atoms with Crippen LogP contribution in [0.5, 0.6) is 5.75 Å². The third kappa shape index (κ3) is 2.20. The molecule has 1 aromatic rings. The fraction of sp³-hybridized carbons (Fsp3) is 0.538. The van der Waals surface area contributed by atoms with Gasteiger partial charge in [0, 0.05) is 19.1 Å². The highest BCUT2D eigenvalue weighted by molar-refractivity contribution is 5.37. The van der Waals surface area contributed by atoms with Gasteiger partial charge in [0.1, 0.15) is 5.75 Å². The molecular formula is C13H19NO2. The fourth-order valence-corrected chi connectivity index (χ4v) is 2.47. The third-order valence-electron chi connectivity index (χ3n) is 3.40. The smallest absolute Gasteiger partial charge is 0.122 e. The lowest BCUT2D eigenvalue weighted by Gasteiger charge is -2.32. The zero-order chi connectivity index (χ0) is 11.4. The van der Waals surface area contributed by atoms with Gasteiger partial charge in [-0.1, -0.05) is 18.2 Å².